The van der Waals surface area contributed by atoms with Gasteiger partial charge in [-0.05, 0) is 84.6 Å². The van der Waals surface area contributed by atoms with Crippen LogP contribution in [0.1, 0.15) is 57.9 Å². The van der Waals surface area contributed by atoms with Crippen LogP contribution in [0.5, 0.6) is 0 Å². The number of esters is 1. The fraction of sp³-hybridized carbons (Fsp3) is 0.565. The third-order valence-corrected chi connectivity index (χ3v) is 8.73. The molecule has 4 fully saturated rings. The second kappa shape index (κ2) is 7.88. The first-order chi connectivity index (χ1) is 14.1. The second-order valence-electron chi connectivity index (χ2n) is 9.23. The number of rotatable bonds is 7. The summed E-state index contributed by atoms with van der Waals surface area (Å²) in [4.78, 5) is 28.8. The van der Waals surface area contributed by atoms with Gasteiger partial charge in [0.25, 0.3) is 5.91 Å². The summed E-state index contributed by atoms with van der Waals surface area (Å²) in [5.41, 5.74) is 0.277. The molecular formula is C23H27NO3S2. The van der Waals surface area contributed by atoms with Gasteiger partial charge in [0.1, 0.15) is 11.5 Å². The van der Waals surface area contributed by atoms with E-state index in [1.54, 1.807) is 6.07 Å². The second-order valence-corrected chi connectivity index (χ2v) is 11.1. The highest BCUT2D eigenvalue weighted by Gasteiger charge is 2.51. The molecule has 4 nitrogen and oxygen atoms in total. The summed E-state index contributed by atoms with van der Waals surface area (Å²) in [6.07, 6.45) is 8.00. The molecular weight excluding hydrogens is 402 g/mol. The van der Waals surface area contributed by atoms with E-state index in [0.717, 1.165) is 29.2 Å². The van der Waals surface area contributed by atoms with Gasteiger partial charge in [0, 0.05) is 6.54 Å². The molecule has 29 heavy (non-hydrogen) atoms. The van der Waals surface area contributed by atoms with Crippen LogP contribution in [0.2, 0.25) is 0 Å². The van der Waals surface area contributed by atoms with E-state index in [-0.39, 0.29) is 23.9 Å². The highest BCUT2D eigenvalue weighted by Crippen LogP contribution is 2.60. The summed E-state index contributed by atoms with van der Waals surface area (Å²) in [5.74, 6) is 2.37. The molecule has 4 aliphatic carbocycles. The van der Waals surface area contributed by atoms with E-state index in [9.17, 15) is 9.59 Å². The van der Waals surface area contributed by atoms with Gasteiger partial charge in [-0.3, -0.25) is 4.79 Å². The zero-order chi connectivity index (χ0) is 19.8. The minimum atomic E-state index is -0.293. The number of hydrogen-bond acceptors (Lipinski definition) is 5. The quantitative estimate of drug-likeness (QED) is 0.559. The van der Waals surface area contributed by atoms with Crippen LogP contribution in [0.25, 0.3) is 0 Å². The summed E-state index contributed by atoms with van der Waals surface area (Å²) < 4.78 is 5.49. The van der Waals surface area contributed by atoms with Crippen molar-refractivity contribution < 1.29 is 14.3 Å². The number of nitrogens with zero attached hydrogens (tertiary/aromatic N) is 1. The van der Waals surface area contributed by atoms with E-state index in [1.165, 1.54) is 61.2 Å². The smallest absolute Gasteiger partial charge is 0.348 e. The first kappa shape index (κ1) is 19.3. The van der Waals surface area contributed by atoms with E-state index in [0.29, 0.717) is 11.4 Å². The minimum Gasteiger partial charge on any atom is -0.460 e. The molecule has 4 saturated carbocycles. The summed E-state index contributed by atoms with van der Waals surface area (Å²) in [6.45, 7) is 1.53. The van der Waals surface area contributed by atoms with E-state index in [1.807, 2.05) is 33.9 Å². The van der Waals surface area contributed by atoms with Gasteiger partial charge in [0.2, 0.25) is 0 Å². The lowest BCUT2D eigenvalue weighted by Crippen LogP contribution is -2.52. The summed E-state index contributed by atoms with van der Waals surface area (Å²) in [5, 5.41) is 3.82. The topological polar surface area (TPSA) is 46.6 Å². The molecule has 1 amide bonds. The van der Waals surface area contributed by atoms with Gasteiger partial charge < -0.3 is 9.64 Å². The number of carbonyl (C=O) groups is 2. The average Bonchev–Trinajstić information content (AvgIpc) is 3.39. The maximum absolute atomic E-state index is 13.2. The largest absolute Gasteiger partial charge is 0.460 e. The molecule has 6 heteroatoms. The van der Waals surface area contributed by atoms with Crippen LogP contribution in [0.3, 0.4) is 0 Å². The maximum atomic E-state index is 13.2. The minimum absolute atomic E-state index is 0.0860. The number of thiophene rings is 2. The Balaban J connectivity index is 1.28. The molecule has 0 spiro atoms. The molecule has 0 radical (unpaired) electrons. The third-order valence-electron chi connectivity index (χ3n) is 7.03. The van der Waals surface area contributed by atoms with Crippen LogP contribution in [0.15, 0.2) is 35.0 Å². The first-order valence-electron chi connectivity index (χ1n) is 10.6. The van der Waals surface area contributed by atoms with Gasteiger partial charge in [-0.2, -0.15) is 0 Å². The summed E-state index contributed by atoms with van der Waals surface area (Å²) >= 11 is 2.88. The van der Waals surface area contributed by atoms with Gasteiger partial charge in [-0.15, -0.1) is 22.7 Å². The zero-order valence-corrected chi connectivity index (χ0v) is 18.2. The SMILES string of the molecule is O=C(OCCN(CC12CC3CC(CC(C3)C1)C2)C(=O)c1cccs1)c1cccs1. The van der Waals surface area contributed by atoms with Crippen LogP contribution in [0.4, 0.5) is 0 Å². The van der Waals surface area contributed by atoms with Gasteiger partial charge in [0.05, 0.1) is 11.4 Å². The molecule has 0 N–H and O–H groups in total. The van der Waals surface area contributed by atoms with Crippen molar-refractivity contribution in [2.75, 3.05) is 19.7 Å². The lowest BCUT2D eigenvalue weighted by molar-refractivity contribution is -0.0664. The average molecular weight is 430 g/mol. The van der Waals surface area contributed by atoms with Gasteiger partial charge in [-0.1, -0.05) is 12.1 Å². The van der Waals surface area contributed by atoms with Crippen molar-refractivity contribution in [3.63, 3.8) is 0 Å². The molecule has 4 aliphatic rings. The van der Waals surface area contributed by atoms with Crippen molar-refractivity contribution in [3.8, 4) is 0 Å². The van der Waals surface area contributed by atoms with Crippen molar-refractivity contribution >= 4 is 34.6 Å². The Bertz CT molecular complexity index is 824. The Labute approximate surface area is 179 Å². The van der Waals surface area contributed by atoms with Crippen LogP contribution in [-0.4, -0.2) is 36.5 Å². The normalized spacial score (nSPS) is 29.7. The van der Waals surface area contributed by atoms with E-state index >= 15 is 0 Å². The first-order valence-corrected chi connectivity index (χ1v) is 12.4. The maximum Gasteiger partial charge on any atom is 0.348 e. The molecule has 0 unspecified atom stereocenters. The molecule has 2 aromatic heterocycles. The van der Waals surface area contributed by atoms with Crippen molar-refractivity contribution in [2.24, 2.45) is 23.2 Å². The summed E-state index contributed by atoms with van der Waals surface area (Å²) in [7, 11) is 0. The fourth-order valence-corrected chi connectivity index (χ4v) is 7.72. The van der Waals surface area contributed by atoms with E-state index in [2.05, 4.69) is 0 Å². The Morgan fingerprint density at radius 1 is 0.966 bits per heavy atom. The van der Waals surface area contributed by atoms with E-state index < -0.39 is 0 Å². The van der Waals surface area contributed by atoms with Crippen LogP contribution in [0, 0.1) is 23.2 Å². The number of hydrogen-bond donors (Lipinski definition) is 0. The molecule has 154 valence electrons. The van der Waals surface area contributed by atoms with E-state index in [4.69, 9.17) is 4.74 Å². The molecule has 0 atom stereocenters. The molecule has 2 aromatic rings. The van der Waals surface area contributed by atoms with Crippen LogP contribution in [-0.2, 0) is 4.74 Å². The molecule has 0 aromatic carbocycles. The highest BCUT2D eigenvalue weighted by atomic mass is 32.1. The van der Waals surface area contributed by atoms with Gasteiger partial charge in [-0.25, -0.2) is 4.79 Å². The predicted octanol–water partition coefficient (Wildman–Crippen LogP) is 5.33. The number of ether oxygens (including phenoxy) is 1. The summed E-state index contributed by atoms with van der Waals surface area (Å²) in [6, 6.07) is 7.45. The van der Waals surface area contributed by atoms with Crippen LogP contribution >= 0.6 is 22.7 Å². The fourth-order valence-electron chi connectivity index (χ4n) is 6.41. The Hall–Kier alpha value is -1.66. The van der Waals surface area contributed by atoms with Crippen molar-refractivity contribution in [1.29, 1.82) is 0 Å². The monoisotopic (exact) mass is 429 g/mol. The number of carbonyl (C=O) groups excluding carboxylic acids is 2. The lowest BCUT2D eigenvalue weighted by atomic mass is 9.49. The third kappa shape index (κ3) is 4.02. The van der Waals surface area contributed by atoms with Gasteiger partial charge in [0.15, 0.2) is 0 Å². The molecule has 4 bridgehead atoms. The van der Waals surface area contributed by atoms with Crippen molar-refractivity contribution in [2.45, 2.75) is 38.5 Å². The number of amides is 1. The van der Waals surface area contributed by atoms with Crippen molar-refractivity contribution in [1.82, 2.24) is 4.90 Å². The highest BCUT2D eigenvalue weighted by molar-refractivity contribution is 7.12. The molecule has 0 saturated heterocycles. The van der Waals surface area contributed by atoms with Gasteiger partial charge >= 0.3 is 5.97 Å². The Morgan fingerprint density at radius 2 is 1.55 bits per heavy atom. The Kier molecular flexibility index (Phi) is 5.25. The lowest BCUT2D eigenvalue weighted by Gasteiger charge is -2.57. The predicted molar refractivity (Wildman–Crippen MR) is 115 cm³/mol. The zero-order valence-electron chi connectivity index (χ0n) is 16.5. The molecule has 2 heterocycles. The Morgan fingerprint density at radius 3 is 2.10 bits per heavy atom. The molecule has 0 aliphatic heterocycles. The standard InChI is InChI=1S/C23H27NO3S2/c25-21(19-3-1-7-28-19)24(5-6-27-22(26)20-4-2-8-29-20)15-23-12-16-9-17(13-23)11-18(10-16)14-23/h1-4,7-8,16-18H,5-6,9-15H2. The van der Waals surface area contributed by atoms with Crippen LogP contribution < -0.4 is 0 Å². The molecule has 6 rings (SSSR count). The van der Waals surface area contributed by atoms with Crippen molar-refractivity contribution in [3.05, 3.63) is 44.8 Å².